The first-order valence-electron chi connectivity index (χ1n) is 11.3. The predicted molar refractivity (Wildman–Crippen MR) is 139 cm³/mol. The van der Waals surface area contributed by atoms with E-state index in [0.29, 0.717) is 5.02 Å². The lowest BCUT2D eigenvalue weighted by molar-refractivity contribution is 0.0149. The van der Waals surface area contributed by atoms with Crippen LogP contribution in [0.2, 0.25) is 5.02 Å². The third kappa shape index (κ3) is 6.04. The van der Waals surface area contributed by atoms with Crippen LogP contribution in [0.3, 0.4) is 0 Å². The number of aliphatic hydroxyl groups is 1. The van der Waals surface area contributed by atoms with E-state index in [1.165, 1.54) is 5.56 Å². The Morgan fingerprint density at radius 1 is 0.853 bits per heavy atom. The molecule has 3 aromatic carbocycles. The van der Waals surface area contributed by atoms with Crippen LogP contribution >= 0.6 is 24.0 Å². The molecule has 182 valence electrons. The molecule has 2 unspecified atom stereocenters. The largest absolute Gasteiger partial charge is 0.493 e. The molecule has 34 heavy (non-hydrogen) atoms. The third-order valence-corrected chi connectivity index (χ3v) is 6.66. The average molecular weight is 503 g/mol. The first-order chi connectivity index (χ1) is 16.1. The van der Waals surface area contributed by atoms with Crippen LogP contribution in [0.25, 0.3) is 0 Å². The molecule has 1 aliphatic rings. The molecule has 4 rings (SSSR count). The van der Waals surface area contributed by atoms with Gasteiger partial charge in [-0.1, -0.05) is 66.2 Å². The van der Waals surface area contributed by atoms with E-state index in [4.69, 9.17) is 21.1 Å². The Kier molecular flexibility index (Phi) is 9.63. The quantitative estimate of drug-likeness (QED) is 0.448. The molecule has 0 aliphatic carbocycles. The van der Waals surface area contributed by atoms with Gasteiger partial charge in [0.1, 0.15) is 0 Å². The Morgan fingerprint density at radius 2 is 1.50 bits per heavy atom. The lowest BCUT2D eigenvalue weighted by Crippen LogP contribution is -2.48. The maximum atomic E-state index is 11.4. The Hall–Kier alpha value is -2.28. The molecular weight excluding hydrogens is 471 g/mol. The highest BCUT2D eigenvalue weighted by Gasteiger charge is 2.32. The summed E-state index contributed by atoms with van der Waals surface area (Å²) in [6, 6.07) is 23.5. The molecule has 1 fully saturated rings. The van der Waals surface area contributed by atoms with Gasteiger partial charge in [-0.3, -0.25) is 9.80 Å². The van der Waals surface area contributed by atoms with E-state index in [-0.39, 0.29) is 18.4 Å². The van der Waals surface area contributed by atoms with Gasteiger partial charge in [-0.2, -0.15) is 0 Å². The summed E-state index contributed by atoms with van der Waals surface area (Å²) in [6.45, 7) is 4.32. The summed E-state index contributed by atoms with van der Waals surface area (Å²) < 4.78 is 10.8. The number of piperazine rings is 1. The van der Waals surface area contributed by atoms with E-state index in [0.717, 1.165) is 55.3 Å². The van der Waals surface area contributed by atoms with Crippen LogP contribution in [0.15, 0.2) is 72.8 Å². The molecule has 0 amide bonds. The number of methoxy groups -OCH3 is 2. The molecule has 0 saturated carbocycles. The smallest absolute Gasteiger partial charge is 0.161 e. The van der Waals surface area contributed by atoms with Crippen molar-refractivity contribution in [2.24, 2.45) is 0 Å². The van der Waals surface area contributed by atoms with Gasteiger partial charge < -0.3 is 14.6 Å². The number of benzene rings is 3. The Balaban J connectivity index is 0.00000324. The average Bonchev–Trinajstić information content (AvgIpc) is 2.86. The van der Waals surface area contributed by atoms with Crippen molar-refractivity contribution < 1.29 is 14.6 Å². The molecule has 3 aromatic rings. The fraction of sp³-hybridized carbons (Fsp3) is 0.333. The topological polar surface area (TPSA) is 45.2 Å². The second-order valence-corrected chi connectivity index (χ2v) is 8.73. The van der Waals surface area contributed by atoms with E-state index >= 15 is 0 Å². The molecule has 1 N–H and O–H groups in total. The van der Waals surface area contributed by atoms with Gasteiger partial charge in [-0.25, -0.2) is 0 Å². The van der Waals surface area contributed by atoms with E-state index in [9.17, 15) is 5.11 Å². The Bertz CT molecular complexity index is 1040. The summed E-state index contributed by atoms with van der Waals surface area (Å²) in [6.07, 6.45) is -0.663. The Labute approximate surface area is 213 Å². The summed E-state index contributed by atoms with van der Waals surface area (Å²) in [4.78, 5) is 4.78. The van der Waals surface area contributed by atoms with Gasteiger partial charge in [0.05, 0.1) is 26.4 Å². The zero-order valence-corrected chi connectivity index (χ0v) is 21.1. The summed E-state index contributed by atoms with van der Waals surface area (Å²) in [5.74, 6) is 1.49. The molecule has 1 heterocycles. The zero-order valence-electron chi connectivity index (χ0n) is 19.6. The minimum Gasteiger partial charge on any atom is -0.493 e. The summed E-state index contributed by atoms with van der Waals surface area (Å²) in [7, 11) is 3.31. The van der Waals surface area contributed by atoms with Crippen molar-refractivity contribution in [1.82, 2.24) is 9.80 Å². The zero-order chi connectivity index (χ0) is 23.2. The van der Waals surface area contributed by atoms with E-state index in [1.54, 1.807) is 14.2 Å². The van der Waals surface area contributed by atoms with Gasteiger partial charge in [0.2, 0.25) is 0 Å². The van der Waals surface area contributed by atoms with Crippen molar-refractivity contribution in [3.05, 3.63) is 94.5 Å². The van der Waals surface area contributed by atoms with Crippen molar-refractivity contribution in [3.63, 3.8) is 0 Å². The molecule has 1 aliphatic heterocycles. The predicted octanol–water partition coefficient (Wildman–Crippen LogP) is 5.37. The van der Waals surface area contributed by atoms with Crippen molar-refractivity contribution >= 4 is 24.0 Å². The first-order valence-corrected chi connectivity index (χ1v) is 11.6. The molecule has 7 heteroatoms. The molecule has 2 atom stereocenters. The minimum atomic E-state index is -0.663. The van der Waals surface area contributed by atoms with Crippen molar-refractivity contribution in [2.45, 2.75) is 18.7 Å². The van der Waals surface area contributed by atoms with E-state index in [2.05, 4.69) is 15.9 Å². The first kappa shape index (κ1) is 26.3. The number of rotatable bonds is 8. The molecule has 0 radical (unpaired) electrons. The lowest BCUT2D eigenvalue weighted by Gasteiger charge is -2.41. The minimum absolute atomic E-state index is 0. The fourth-order valence-electron chi connectivity index (χ4n) is 4.55. The number of ether oxygens (including phenoxy) is 2. The fourth-order valence-corrected chi connectivity index (χ4v) is 4.80. The standard InChI is InChI=1S/C27H31ClN2O3.ClH/c1-32-24-13-12-20(18-25(24)33-2)19-29-14-16-30(17-15-29)26(22-10-6-7-11-23(22)28)27(31)21-8-4-3-5-9-21;/h3-13,18,26-27,31H,14-17,19H2,1-2H3;1H. The number of nitrogens with zero attached hydrogens (tertiary/aromatic N) is 2. The molecule has 0 spiro atoms. The number of hydrogen-bond donors (Lipinski definition) is 1. The third-order valence-electron chi connectivity index (χ3n) is 6.32. The van der Waals surface area contributed by atoms with Crippen molar-refractivity contribution in [3.8, 4) is 11.5 Å². The molecular formula is C27H32Cl2N2O3. The second kappa shape index (κ2) is 12.4. The van der Waals surface area contributed by atoms with Gasteiger partial charge in [-0.05, 0) is 34.9 Å². The maximum Gasteiger partial charge on any atom is 0.161 e. The molecule has 0 aromatic heterocycles. The van der Waals surface area contributed by atoms with Crippen LogP contribution < -0.4 is 9.47 Å². The van der Waals surface area contributed by atoms with Crippen LogP contribution in [0, 0.1) is 0 Å². The molecule has 5 nitrogen and oxygen atoms in total. The summed E-state index contributed by atoms with van der Waals surface area (Å²) in [5.41, 5.74) is 3.05. The Morgan fingerprint density at radius 3 is 2.15 bits per heavy atom. The van der Waals surface area contributed by atoms with Gasteiger partial charge >= 0.3 is 0 Å². The highest BCUT2D eigenvalue weighted by Crippen LogP contribution is 2.38. The highest BCUT2D eigenvalue weighted by atomic mass is 35.5. The van der Waals surface area contributed by atoms with E-state index in [1.807, 2.05) is 66.7 Å². The van der Waals surface area contributed by atoms with Crippen LogP contribution in [0.5, 0.6) is 11.5 Å². The van der Waals surface area contributed by atoms with E-state index < -0.39 is 6.10 Å². The number of aliphatic hydroxyl groups excluding tert-OH is 1. The summed E-state index contributed by atoms with van der Waals surface area (Å²) >= 11 is 6.59. The van der Waals surface area contributed by atoms with Crippen molar-refractivity contribution in [1.29, 1.82) is 0 Å². The molecule has 1 saturated heterocycles. The van der Waals surface area contributed by atoms with Gasteiger partial charge in [0.25, 0.3) is 0 Å². The lowest BCUT2D eigenvalue weighted by atomic mass is 9.93. The second-order valence-electron chi connectivity index (χ2n) is 8.32. The van der Waals surface area contributed by atoms with Crippen LogP contribution in [-0.2, 0) is 6.54 Å². The van der Waals surface area contributed by atoms with Crippen LogP contribution in [0.1, 0.15) is 28.8 Å². The van der Waals surface area contributed by atoms with Gasteiger partial charge in [-0.15, -0.1) is 12.4 Å². The monoisotopic (exact) mass is 502 g/mol. The van der Waals surface area contributed by atoms with Gasteiger partial charge in [0, 0.05) is 37.7 Å². The SMILES string of the molecule is COc1ccc(CN2CCN(C(c3ccccc3Cl)C(O)c3ccccc3)CC2)cc1OC.Cl. The maximum absolute atomic E-state index is 11.4. The number of hydrogen-bond acceptors (Lipinski definition) is 5. The van der Waals surface area contributed by atoms with Gasteiger partial charge in [0.15, 0.2) is 11.5 Å². The molecule has 0 bridgehead atoms. The van der Waals surface area contributed by atoms with Crippen LogP contribution in [0.4, 0.5) is 0 Å². The summed E-state index contributed by atoms with van der Waals surface area (Å²) in [5, 5.41) is 12.1. The number of halogens is 2. The van der Waals surface area contributed by atoms with Crippen LogP contribution in [-0.4, -0.2) is 55.3 Å². The normalized spacial score (nSPS) is 16.4. The van der Waals surface area contributed by atoms with Crippen molar-refractivity contribution in [2.75, 3.05) is 40.4 Å². The highest BCUT2D eigenvalue weighted by molar-refractivity contribution is 6.31.